The quantitative estimate of drug-likeness (QED) is 0.216. The van der Waals surface area contributed by atoms with E-state index in [1.54, 1.807) is 0 Å². The Morgan fingerprint density at radius 1 is 1.26 bits per heavy atom. The summed E-state index contributed by atoms with van der Waals surface area (Å²) < 4.78 is 6.10. The van der Waals surface area contributed by atoms with Gasteiger partial charge in [-0.25, -0.2) is 10.4 Å². The molecule has 0 aromatic heterocycles. The zero-order valence-electron chi connectivity index (χ0n) is 14.2. The van der Waals surface area contributed by atoms with Crippen molar-refractivity contribution >= 4 is 22.3 Å². The lowest BCUT2D eigenvalue weighted by molar-refractivity contribution is 0.0488. The minimum absolute atomic E-state index is 0.377. The summed E-state index contributed by atoms with van der Waals surface area (Å²) in [5.41, 5.74) is 6.58. The molecule has 2 N–H and O–H groups in total. The van der Waals surface area contributed by atoms with Gasteiger partial charge in [-0.3, -0.25) is 0 Å². The fraction of sp³-hybridized carbons (Fsp3) is 0.471. The summed E-state index contributed by atoms with van der Waals surface area (Å²) in [6.07, 6.45) is 12.7. The molecular formula is C17H28BrN3O2. The molecule has 1 fully saturated rings. The Hall–Kier alpha value is -1.21. The van der Waals surface area contributed by atoms with Crippen LogP contribution in [0.5, 0.6) is 0 Å². The second kappa shape index (κ2) is 15.7. The van der Waals surface area contributed by atoms with Gasteiger partial charge in [-0.15, -0.1) is 0 Å². The maximum atomic E-state index is 5.27. The minimum Gasteiger partial charge on any atom is -0.382 e. The third-order valence-corrected chi connectivity index (χ3v) is 2.95. The smallest absolute Gasteiger partial charge is 0.202 e. The average molecular weight is 386 g/mol. The summed E-state index contributed by atoms with van der Waals surface area (Å²) in [5, 5.41) is 0. The summed E-state index contributed by atoms with van der Waals surface area (Å²) in [5.74, 6) is 0. The topological polar surface area (TPSA) is 54.9 Å². The molecule has 0 aliphatic carbocycles. The lowest BCUT2D eigenvalue weighted by atomic mass is 10.1. The molecule has 1 aliphatic rings. The summed E-state index contributed by atoms with van der Waals surface area (Å²) in [6, 6.07) is 0.377. The van der Waals surface area contributed by atoms with Crippen LogP contribution in [0.15, 0.2) is 52.1 Å². The predicted octanol–water partition coefficient (Wildman–Crippen LogP) is 4.17. The van der Waals surface area contributed by atoms with Crippen LogP contribution in [0.3, 0.4) is 0 Å². The number of hydrazine groups is 1. The number of rotatable bonds is 8. The third kappa shape index (κ3) is 14.1. The van der Waals surface area contributed by atoms with Crippen LogP contribution < -0.4 is 11.0 Å². The maximum Gasteiger partial charge on any atom is 0.202 e. The summed E-state index contributed by atoms with van der Waals surface area (Å²) >= 11 is 3.24. The predicted molar refractivity (Wildman–Crippen MR) is 101 cm³/mol. The maximum absolute atomic E-state index is 5.27. The molecule has 0 atom stereocenters. The van der Waals surface area contributed by atoms with Gasteiger partial charge in [0.1, 0.15) is 0 Å². The van der Waals surface area contributed by atoms with Crippen molar-refractivity contribution < 1.29 is 9.57 Å². The molecule has 23 heavy (non-hydrogen) atoms. The Balaban J connectivity index is 0.00000232. The van der Waals surface area contributed by atoms with E-state index >= 15 is 0 Å². The zero-order chi connectivity index (χ0) is 17.3. The number of nitrogens with one attached hydrogen (secondary N) is 2. The van der Waals surface area contributed by atoms with Crippen LogP contribution in [0.25, 0.3) is 0 Å². The second-order valence-electron chi connectivity index (χ2n) is 4.48. The van der Waals surface area contributed by atoms with Crippen molar-refractivity contribution in [1.29, 1.82) is 0 Å². The highest BCUT2D eigenvalue weighted by Gasteiger charge is 2.12. The molecule has 0 aromatic carbocycles. The van der Waals surface area contributed by atoms with Gasteiger partial charge in [0.05, 0.1) is 0 Å². The molecule has 0 saturated carbocycles. The van der Waals surface area contributed by atoms with Crippen molar-refractivity contribution in [2.24, 2.45) is 4.99 Å². The fourth-order valence-corrected chi connectivity index (χ4v) is 1.71. The van der Waals surface area contributed by atoms with Gasteiger partial charge in [-0.1, -0.05) is 60.2 Å². The zero-order valence-corrected chi connectivity index (χ0v) is 15.8. The fourth-order valence-electron chi connectivity index (χ4n) is 1.56. The van der Waals surface area contributed by atoms with Crippen LogP contribution in [0.2, 0.25) is 0 Å². The largest absolute Gasteiger partial charge is 0.382 e. The molecule has 0 aromatic rings. The van der Waals surface area contributed by atoms with E-state index in [0.717, 1.165) is 36.2 Å². The number of hydrogen-bond acceptors (Lipinski definition) is 5. The highest BCUT2D eigenvalue weighted by atomic mass is 79.9. The molecule has 0 radical (unpaired) electrons. The molecular weight excluding hydrogens is 358 g/mol. The normalized spacial score (nSPS) is 16.8. The number of hydrogen-bond donors (Lipinski definition) is 2. The number of halogens is 1. The molecule has 1 heterocycles. The van der Waals surface area contributed by atoms with Crippen LogP contribution in [0, 0.1) is 0 Å². The SMILES string of the molecule is C=C(Br)/C=C/C=C\C=C(/C)N=CONNC1CCOCC1.CC. The van der Waals surface area contributed by atoms with Crippen molar-refractivity contribution in [2.75, 3.05) is 13.2 Å². The van der Waals surface area contributed by atoms with E-state index in [0.29, 0.717) is 6.04 Å². The van der Waals surface area contributed by atoms with Crippen LogP contribution in [-0.2, 0) is 9.57 Å². The molecule has 0 spiro atoms. The van der Waals surface area contributed by atoms with Crippen molar-refractivity contribution in [3.63, 3.8) is 0 Å². The first-order chi connectivity index (χ1) is 11.2. The van der Waals surface area contributed by atoms with Crippen LogP contribution in [0.1, 0.15) is 33.6 Å². The molecule has 5 nitrogen and oxygen atoms in total. The van der Waals surface area contributed by atoms with E-state index < -0.39 is 0 Å². The Bertz CT molecular complexity index is 426. The first kappa shape index (κ1) is 21.8. The lowest BCUT2D eigenvalue weighted by Crippen LogP contribution is -2.43. The van der Waals surface area contributed by atoms with Gasteiger partial charge in [0.2, 0.25) is 6.40 Å². The van der Waals surface area contributed by atoms with E-state index in [4.69, 9.17) is 9.57 Å². The summed E-state index contributed by atoms with van der Waals surface area (Å²) in [4.78, 5) is 9.20. The van der Waals surface area contributed by atoms with Crippen molar-refractivity contribution in [3.8, 4) is 0 Å². The monoisotopic (exact) mass is 385 g/mol. The van der Waals surface area contributed by atoms with Gasteiger partial charge in [0.15, 0.2) is 0 Å². The van der Waals surface area contributed by atoms with E-state index in [2.05, 4.69) is 38.5 Å². The highest BCUT2D eigenvalue weighted by molar-refractivity contribution is 9.11. The van der Waals surface area contributed by atoms with Crippen molar-refractivity contribution in [1.82, 2.24) is 11.0 Å². The number of aliphatic imine (C=N–C) groups is 1. The second-order valence-corrected chi connectivity index (χ2v) is 5.50. The third-order valence-electron chi connectivity index (χ3n) is 2.69. The minimum atomic E-state index is 0.377. The number of allylic oxidation sites excluding steroid dienone is 7. The van der Waals surface area contributed by atoms with E-state index in [9.17, 15) is 0 Å². The highest BCUT2D eigenvalue weighted by Crippen LogP contribution is 2.04. The average Bonchev–Trinajstić information content (AvgIpc) is 2.57. The van der Waals surface area contributed by atoms with Crippen LogP contribution in [-0.4, -0.2) is 25.7 Å². The summed E-state index contributed by atoms with van der Waals surface area (Å²) in [6.45, 7) is 11.2. The molecule has 0 unspecified atom stereocenters. The molecule has 1 rings (SSSR count). The van der Waals surface area contributed by atoms with Crippen molar-refractivity contribution in [2.45, 2.75) is 39.7 Å². The van der Waals surface area contributed by atoms with Gasteiger partial charge in [-0.05, 0) is 31.9 Å². The standard InChI is InChI=1S/C15H22BrN3O2.C2H6/c1-13(16)6-4-3-5-7-14(2)17-12-21-19-18-15-8-10-20-11-9-15;1-2/h3-7,12,15,18-19H,1,8-11H2,2H3;1-2H3/b5-3-,6-4+,14-7+,17-12?;. The number of nitrogens with zero attached hydrogens (tertiary/aromatic N) is 1. The van der Waals surface area contributed by atoms with E-state index in [1.807, 2.05) is 51.2 Å². The molecule has 130 valence electrons. The van der Waals surface area contributed by atoms with Crippen LogP contribution in [0.4, 0.5) is 0 Å². The Kier molecular flexibility index (Phi) is 14.9. The lowest BCUT2D eigenvalue weighted by Gasteiger charge is -2.22. The Morgan fingerprint density at radius 2 is 1.96 bits per heavy atom. The molecule has 6 heteroatoms. The Labute approximate surface area is 148 Å². The molecule has 0 bridgehead atoms. The molecule has 1 saturated heterocycles. The molecule has 0 amide bonds. The summed E-state index contributed by atoms with van der Waals surface area (Å²) in [7, 11) is 0. The van der Waals surface area contributed by atoms with E-state index in [1.165, 1.54) is 6.40 Å². The molecule has 1 aliphatic heterocycles. The van der Waals surface area contributed by atoms with Crippen LogP contribution >= 0.6 is 15.9 Å². The van der Waals surface area contributed by atoms with Gasteiger partial charge in [0.25, 0.3) is 0 Å². The number of ether oxygens (including phenoxy) is 1. The van der Waals surface area contributed by atoms with Gasteiger partial charge < -0.3 is 9.57 Å². The van der Waals surface area contributed by atoms with Gasteiger partial charge in [-0.2, -0.15) is 0 Å². The first-order valence-electron chi connectivity index (χ1n) is 7.81. The van der Waals surface area contributed by atoms with Gasteiger partial charge in [0, 0.05) is 29.4 Å². The first-order valence-corrected chi connectivity index (χ1v) is 8.60. The van der Waals surface area contributed by atoms with Gasteiger partial charge >= 0.3 is 0 Å². The van der Waals surface area contributed by atoms with Crippen molar-refractivity contribution in [3.05, 3.63) is 47.1 Å². The Morgan fingerprint density at radius 3 is 2.61 bits per heavy atom. The van der Waals surface area contributed by atoms with E-state index in [-0.39, 0.29) is 0 Å².